The summed E-state index contributed by atoms with van der Waals surface area (Å²) >= 11 is 3.53. The number of hydrogen-bond donors (Lipinski definition) is 0. The van der Waals surface area contributed by atoms with Gasteiger partial charge in [-0.3, -0.25) is 9.59 Å². The predicted octanol–water partition coefficient (Wildman–Crippen LogP) is 6.23. The molecule has 1 unspecified atom stereocenters. The lowest BCUT2D eigenvalue weighted by atomic mass is 9.97. The van der Waals surface area contributed by atoms with Gasteiger partial charge in [0.1, 0.15) is 5.58 Å². The minimum absolute atomic E-state index is 0.142. The van der Waals surface area contributed by atoms with Crippen LogP contribution in [0.25, 0.3) is 11.0 Å². The van der Waals surface area contributed by atoms with Crippen LogP contribution in [0.1, 0.15) is 50.0 Å². The summed E-state index contributed by atoms with van der Waals surface area (Å²) in [6, 6.07) is 19.0. The van der Waals surface area contributed by atoms with Crippen LogP contribution in [0, 0.1) is 20.8 Å². The van der Waals surface area contributed by atoms with Crippen LogP contribution >= 0.6 is 15.9 Å². The van der Waals surface area contributed by atoms with E-state index in [1.165, 1.54) is 0 Å². The summed E-state index contributed by atoms with van der Waals surface area (Å²) in [6.07, 6.45) is 0. The van der Waals surface area contributed by atoms with E-state index in [4.69, 9.17) is 4.42 Å². The number of carbonyl (C=O) groups excluding carboxylic acids is 1. The van der Waals surface area contributed by atoms with Gasteiger partial charge in [0.05, 0.1) is 17.0 Å². The Morgan fingerprint density at radius 1 is 0.938 bits per heavy atom. The Kier molecular flexibility index (Phi) is 5.01. The minimum Gasteiger partial charge on any atom is -0.450 e. The van der Waals surface area contributed by atoms with Crippen molar-refractivity contribution < 1.29 is 9.21 Å². The average molecular weight is 488 g/mol. The van der Waals surface area contributed by atoms with Gasteiger partial charge < -0.3 is 9.32 Å². The van der Waals surface area contributed by atoms with E-state index in [1.807, 2.05) is 81.4 Å². The van der Waals surface area contributed by atoms with Crippen molar-refractivity contribution >= 4 is 32.8 Å². The summed E-state index contributed by atoms with van der Waals surface area (Å²) < 4.78 is 6.99. The SMILES string of the molecule is Cc1ccc(CN2C(=O)c3oc4cc(C)c(C)cc4c(=O)c3C2c2cccc(Br)c2)cc1. The molecule has 0 N–H and O–H groups in total. The molecule has 0 saturated heterocycles. The van der Waals surface area contributed by atoms with Crippen molar-refractivity contribution in [1.82, 2.24) is 4.90 Å². The Hall–Kier alpha value is -3.18. The Balaban J connectivity index is 1.74. The Morgan fingerprint density at radius 2 is 1.66 bits per heavy atom. The van der Waals surface area contributed by atoms with E-state index in [-0.39, 0.29) is 17.1 Å². The summed E-state index contributed by atoms with van der Waals surface area (Å²) in [5, 5.41) is 0.511. The lowest BCUT2D eigenvalue weighted by Crippen LogP contribution is -2.29. The Bertz CT molecular complexity index is 1440. The molecule has 0 bridgehead atoms. The third-order valence-corrected chi connectivity index (χ3v) is 6.71. The zero-order valence-corrected chi connectivity index (χ0v) is 19.7. The highest BCUT2D eigenvalue weighted by Crippen LogP contribution is 2.40. The third-order valence-electron chi connectivity index (χ3n) is 6.22. The van der Waals surface area contributed by atoms with Gasteiger partial charge in [0, 0.05) is 11.0 Å². The van der Waals surface area contributed by atoms with Crippen molar-refractivity contribution in [3.05, 3.63) is 115 Å². The van der Waals surface area contributed by atoms with Crippen LogP contribution in [0.5, 0.6) is 0 Å². The van der Waals surface area contributed by atoms with Gasteiger partial charge in [-0.25, -0.2) is 0 Å². The van der Waals surface area contributed by atoms with Gasteiger partial charge in [-0.1, -0.05) is 57.9 Å². The number of nitrogens with zero attached hydrogens (tertiary/aromatic N) is 1. The zero-order valence-electron chi connectivity index (χ0n) is 18.1. The zero-order chi connectivity index (χ0) is 22.6. The summed E-state index contributed by atoms with van der Waals surface area (Å²) in [5.74, 6) is -0.120. The van der Waals surface area contributed by atoms with Crippen LogP contribution < -0.4 is 5.43 Å². The van der Waals surface area contributed by atoms with Crippen LogP contribution in [-0.4, -0.2) is 10.8 Å². The maximum atomic E-state index is 13.7. The second kappa shape index (κ2) is 7.75. The molecule has 0 aliphatic carbocycles. The number of halogens is 1. The fourth-order valence-corrected chi connectivity index (χ4v) is 4.77. The Labute approximate surface area is 194 Å². The predicted molar refractivity (Wildman–Crippen MR) is 129 cm³/mol. The molecule has 3 aromatic carbocycles. The molecule has 5 heteroatoms. The van der Waals surface area contributed by atoms with Gasteiger partial charge >= 0.3 is 0 Å². The van der Waals surface area contributed by atoms with Gasteiger partial charge in [0.2, 0.25) is 5.76 Å². The molecule has 0 fully saturated rings. The fraction of sp³-hybridized carbons (Fsp3) is 0.185. The maximum Gasteiger partial charge on any atom is 0.291 e. The molecule has 1 aliphatic rings. The first-order chi connectivity index (χ1) is 15.3. The van der Waals surface area contributed by atoms with Crippen molar-refractivity contribution in [2.75, 3.05) is 0 Å². The molecule has 160 valence electrons. The van der Waals surface area contributed by atoms with Gasteiger partial charge in [0.15, 0.2) is 5.43 Å². The fourth-order valence-electron chi connectivity index (χ4n) is 4.35. The highest BCUT2D eigenvalue weighted by Gasteiger charge is 2.42. The first kappa shape index (κ1) is 20.7. The monoisotopic (exact) mass is 487 g/mol. The van der Waals surface area contributed by atoms with Gasteiger partial charge in [-0.05, 0) is 67.3 Å². The van der Waals surface area contributed by atoms with Gasteiger partial charge in [0.25, 0.3) is 5.91 Å². The second-order valence-electron chi connectivity index (χ2n) is 8.48. The summed E-state index contributed by atoms with van der Waals surface area (Å²) in [5.41, 5.74) is 5.78. The largest absolute Gasteiger partial charge is 0.450 e. The molecule has 4 nitrogen and oxygen atoms in total. The highest BCUT2D eigenvalue weighted by molar-refractivity contribution is 9.10. The maximum absolute atomic E-state index is 13.7. The van der Waals surface area contributed by atoms with E-state index in [1.54, 1.807) is 4.90 Å². The van der Waals surface area contributed by atoms with Crippen LogP contribution in [-0.2, 0) is 6.54 Å². The molecule has 1 atom stereocenters. The highest BCUT2D eigenvalue weighted by atomic mass is 79.9. The number of benzene rings is 3. The van der Waals surface area contributed by atoms with E-state index in [0.717, 1.165) is 32.3 Å². The quantitative estimate of drug-likeness (QED) is 0.344. The van der Waals surface area contributed by atoms with Crippen LogP contribution in [0.2, 0.25) is 0 Å². The van der Waals surface area contributed by atoms with E-state index < -0.39 is 6.04 Å². The number of amides is 1. The average Bonchev–Trinajstić information content (AvgIpc) is 3.03. The van der Waals surface area contributed by atoms with Crippen molar-refractivity contribution in [2.45, 2.75) is 33.4 Å². The van der Waals surface area contributed by atoms with E-state index in [0.29, 0.717) is 23.1 Å². The molecule has 0 radical (unpaired) electrons. The van der Waals surface area contributed by atoms with E-state index in [9.17, 15) is 9.59 Å². The standard InChI is InChI=1S/C27H22BrNO3/c1-15-7-9-18(10-8-15)14-29-24(19-5-4-6-20(28)13-19)23-25(30)21-11-16(2)17(3)12-22(21)32-26(23)27(29)31/h4-13,24H,14H2,1-3H3. The molecule has 32 heavy (non-hydrogen) atoms. The van der Waals surface area contributed by atoms with Crippen LogP contribution in [0.3, 0.4) is 0 Å². The van der Waals surface area contributed by atoms with Crippen LogP contribution in [0.15, 0.2) is 74.3 Å². The summed E-state index contributed by atoms with van der Waals surface area (Å²) in [4.78, 5) is 29.0. The van der Waals surface area contributed by atoms with Crippen molar-refractivity contribution in [3.8, 4) is 0 Å². The molecule has 5 rings (SSSR count). The number of rotatable bonds is 3. The number of aryl methyl sites for hydroxylation is 3. The van der Waals surface area contributed by atoms with Crippen molar-refractivity contribution in [3.63, 3.8) is 0 Å². The molecule has 1 aliphatic heterocycles. The lowest BCUT2D eigenvalue weighted by Gasteiger charge is -2.25. The van der Waals surface area contributed by atoms with Crippen molar-refractivity contribution in [2.24, 2.45) is 0 Å². The molecular formula is C27H22BrNO3. The molecule has 1 amide bonds. The third kappa shape index (κ3) is 3.37. The van der Waals surface area contributed by atoms with Crippen LogP contribution in [0.4, 0.5) is 0 Å². The number of fused-ring (bicyclic) bond motifs is 2. The van der Waals surface area contributed by atoms with Crippen molar-refractivity contribution in [1.29, 1.82) is 0 Å². The lowest BCUT2D eigenvalue weighted by molar-refractivity contribution is 0.0714. The summed E-state index contributed by atoms with van der Waals surface area (Å²) in [7, 11) is 0. The van der Waals surface area contributed by atoms with Gasteiger partial charge in [-0.2, -0.15) is 0 Å². The van der Waals surface area contributed by atoms with E-state index >= 15 is 0 Å². The van der Waals surface area contributed by atoms with Gasteiger partial charge in [-0.15, -0.1) is 0 Å². The second-order valence-corrected chi connectivity index (χ2v) is 9.40. The molecular weight excluding hydrogens is 466 g/mol. The molecule has 2 heterocycles. The molecule has 0 spiro atoms. The number of carbonyl (C=O) groups is 1. The minimum atomic E-state index is -0.515. The molecule has 1 aromatic heterocycles. The normalized spacial score (nSPS) is 15.4. The first-order valence-corrected chi connectivity index (χ1v) is 11.3. The molecule has 0 saturated carbocycles. The van der Waals surface area contributed by atoms with E-state index in [2.05, 4.69) is 15.9 Å². The Morgan fingerprint density at radius 3 is 2.38 bits per heavy atom. The molecule has 4 aromatic rings. The summed E-state index contributed by atoms with van der Waals surface area (Å²) in [6.45, 7) is 6.36. The first-order valence-electron chi connectivity index (χ1n) is 10.5. The number of hydrogen-bond acceptors (Lipinski definition) is 3. The smallest absolute Gasteiger partial charge is 0.291 e. The topological polar surface area (TPSA) is 50.5 Å².